The van der Waals surface area contributed by atoms with Crippen LogP contribution in [0, 0.1) is 0 Å². The molecule has 0 radical (unpaired) electrons. The SMILES string of the molecule is CC(C)(CNc1cc(C(F)(F)F)cc(N)n1)NS(C)(=O)=O. The maximum atomic E-state index is 12.6. The summed E-state index contributed by atoms with van der Waals surface area (Å²) >= 11 is 0. The van der Waals surface area contributed by atoms with Crippen LogP contribution in [0.25, 0.3) is 0 Å². The highest BCUT2D eigenvalue weighted by atomic mass is 32.2. The van der Waals surface area contributed by atoms with E-state index in [0.717, 1.165) is 18.4 Å². The van der Waals surface area contributed by atoms with E-state index in [9.17, 15) is 21.6 Å². The van der Waals surface area contributed by atoms with Crippen LogP contribution in [-0.2, 0) is 16.2 Å². The van der Waals surface area contributed by atoms with E-state index in [1.165, 1.54) is 0 Å². The number of nitrogen functional groups attached to an aromatic ring is 1. The Labute approximate surface area is 121 Å². The van der Waals surface area contributed by atoms with E-state index in [1.54, 1.807) is 13.8 Å². The molecular formula is C11H17F3N4O2S. The fourth-order valence-corrected chi connectivity index (χ4v) is 2.73. The van der Waals surface area contributed by atoms with E-state index >= 15 is 0 Å². The van der Waals surface area contributed by atoms with Gasteiger partial charge in [-0.15, -0.1) is 0 Å². The fraction of sp³-hybridized carbons (Fsp3) is 0.545. The second-order valence-corrected chi connectivity index (χ2v) is 7.02. The van der Waals surface area contributed by atoms with Crippen molar-refractivity contribution in [3.63, 3.8) is 0 Å². The molecule has 1 aromatic rings. The number of halogens is 3. The largest absolute Gasteiger partial charge is 0.416 e. The van der Waals surface area contributed by atoms with Crippen LogP contribution in [0.15, 0.2) is 12.1 Å². The first-order valence-electron chi connectivity index (χ1n) is 5.86. The predicted molar refractivity (Wildman–Crippen MR) is 74.2 cm³/mol. The Morgan fingerprint density at radius 3 is 2.33 bits per heavy atom. The van der Waals surface area contributed by atoms with Crippen LogP contribution in [-0.4, -0.2) is 31.7 Å². The minimum absolute atomic E-state index is 0.0355. The number of rotatable bonds is 5. The smallest absolute Gasteiger partial charge is 0.384 e. The summed E-state index contributed by atoms with van der Waals surface area (Å²) in [5.74, 6) is -0.355. The molecule has 21 heavy (non-hydrogen) atoms. The third-order valence-electron chi connectivity index (χ3n) is 2.35. The number of nitrogens with one attached hydrogen (secondary N) is 2. The topological polar surface area (TPSA) is 97.1 Å². The molecule has 0 fully saturated rings. The lowest BCUT2D eigenvalue weighted by Crippen LogP contribution is -2.47. The van der Waals surface area contributed by atoms with E-state index in [0.29, 0.717) is 0 Å². The van der Waals surface area contributed by atoms with Crippen LogP contribution < -0.4 is 15.8 Å². The fourth-order valence-electron chi connectivity index (χ4n) is 1.66. The van der Waals surface area contributed by atoms with Gasteiger partial charge in [-0.3, -0.25) is 0 Å². The molecule has 0 saturated heterocycles. The molecule has 0 aliphatic carbocycles. The first kappa shape index (κ1) is 17.5. The highest BCUT2D eigenvalue weighted by molar-refractivity contribution is 7.88. The molecule has 4 N–H and O–H groups in total. The van der Waals surface area contributed by atoms with Crippen LogP contribution in [0.1, 0.15) is 19.4 Å². The standard InChI is InChI=1S/C11H17F3N4O2S/c1-10(2,18-21(3,19)20)6-16-9-5-7(11(12,13)14)4-8(15)17-9/h4-5,18H,6H2,1-3H3,(H3,15,16,17). The van der Waals surface area contributed by atoms with Crippen molar-refractivity contribution < 1.29 is 21.6 Å². The molecule has 0 aromatic carbocycles. The Hall–Kier alpha value is -1.55. The highest BCUT2D eigenvalue weighted by Crippen LogP contribution is 2.31. The maximum Gasteiger partial charge on any atom is 0.416 e. The first-order chi connectivity index (χ1) is 9.28. The summed E-state index contributed by atoms with van der Waals surface area (Å²) in [7, 11) is -3.44. The summed E-state index contributed by atoms with van der Waals surface area (Å²) in [4.78, 5) is 3.74. The zero-order valence-electron chi connectivity index (χ0n) is 11.7. The van der Waals surface area contributed by atoms with Gasteiger partial charge in [-0.2, -0.15) is 13.2 Å². The number of anilines is 2. The van der Waals surface area contributed by atoms with E-state index in [4.69, 9.17) is 5.73 Å². The molecule has 0 amide bonds. The average Bonchev–Trinajstić information content (AvgIpc) is 2.21. The van der Waals surface area contributed by atoms with Gasteiger partial charge in [-0.05, 0) is 26.0 Å². The summed E-state index contributed by atoms with van der Waals surface area (Å²) in [6.07, 6.45) is -3.54. The van der Waals surface area contributed by atoms with Crippen molar-refractivity contribution in [2.45, 2.75) is 25.6 Å². The number of pyridine rings is 1. The van der Waals surface area contributed by atoms with Crippen molar-refractivity contribution in [2.24, 2.45) is 0 Å². The quantitative estimate of drug-likeness (QED) is 0.760. The molecular weight excluding hydrogens is 309 g/mol. The molecule has 0 atom stereocenters. The monoisotopic (exact) mass is 326 g/mol. The van der Waals surface area contributed by atoms with Crippen molar-refractivity contribution in [3.8, 4) is 0 Å². The van der Waals surface area contributed by atoms with Gasteiger partial charge in [0.1, 0.15) is 11.6 Å². The van der Waals surface area contributed by atoms with E-state index in [1.807, 2.05) is 0 Å². The lowest BCUT2D eigenvalue weighted by atomic mass is 10.1. The van der Waals surface area contributed by atoms with Gasteiger partial charge in [0.25, 0.3) is 0 Å². The average molecular weight is 326 g/mol. The normalized spacial score (nSPS) is 13.2. The molecule has 1 rings (SSSR count). The molecule has 6 nitrogen and oxygen atoms in total. The summed E-state index contributed by atoms with van der Waals surface area (Å²) in [5.41, 5.74) is 3.51. The first-order valence-corrected chi connectivity index (χ1v) is 7.75. The molecule has 0 spiro atoms. The van der Waals surface area contributed by atoms with E-state index in [2.05, 4.69) is 15.0 Å². The number of alkyl halides is 3. The van der Waals surface area contributed by atoms with Gasteiger partial charge in [-0.1, -0.05) is 0 Å². The number of aromatic nitrogens is 1. The van der Waals surface area contributed by atoms with Crippen molar-refractivity contribution in [1.29, 1.82) is 0 Å². The van der Waals surface area contributed by atoms with Crippen molar-refractivity contribution in [1.82, 2.24) is 9.71 Å². The molecule has 0 bridgehead atoms. The van der Waals surface area contributed by atoms with Crippen LogP contribution in [0.3, 0.4) is 0 Å². The molecule has 0 aliphatic heterocycles. The Morgan fingerprint density at radius 2 is 1.86 bits per heavy atom. The maximum absolute atomic E-state index is 12.6. The van der Waals surface area contributed by atoms with Crippen molar-refractivity contribution in [2.75, 3.05) is 23.9 Å². The third kappa shape index (κ3) is 6.17. The lowest BCUT2D eigenvalue weighted by Gasteiger charge is -2.25. The summed E-state index contributed by atoms with van der Waals surface area (Å²) in [6.45, 7) is 3.20. The molecule has 0 unspecified atom stereocenters. The van der Waals surface area contributed by atoms with Crippen LogP contribution in [0.4, 0.5) is 24.8 Å². The molecule has 1 heterocycles. The number of nitrogens with zero attached hydrogens (tertiary/aromatic N) is 1. The molecule has 0 aliphatic rings. The van der Waals surface area contributed by atoms with E-state index in [-0.39, 0.29) is 18.2 Å². The predicted octanol–water partition coefficient (Wildman–Crippen LogP) is 1.42. The van der Waals surface area contributed by atoms with Gasteiger partial charge in [0, 0.05) is 12.1 Å². The molecule has 0 saturated carbocycles. The van der Waals surface area contributed by atoms with Crippen LogP contribution >= 0.6 is 0 Å². The lowest BCUT2D eigenvalue weighted by molar-refractivity contribution is -0.137. The van der Waals surface area contributed by atoms with Crippen molar-refractivity contribution in [3.05, 3.63) is 17.7 Å². The van der Waals surface area contributed by atoms with Crippen LogP contribution in [0.2, 0.25) is 0 Å². The van der Waals surface area contributed by atoms with Crippen molar-refractivity contribution >= 4 is 21.7 Å². The Kier molecular flexibility index (Phi) is 4.73. The highest BCUT2D eigenvalue weighted by Gasteiger charge is 2.31. The van der Waals surface area contributed by atoms with Gasteiger partial charge >= 0.3 is 6.18 Å². The van der Waals surface area contributed by atoms with Gasteiger partial charge < -0.3 is 11.1 Å². The summed E-state index contributed by atoms with van der Waals surface area (Å²) < 4.78 is 62.6. The van der Waals surface area contributed by atoms with Gasteiger partial charge in [0.15, 0.2) is 0 Å². The van der Waals surface area contributed by atoms with Gasteiger partial charge in [0.05, 0.1) is 11.8 Å². The third-order valence-corrected chi connectivity index (χ3v) is 3.27. The molecule has 1 aromatic heterocycles. The Morgan fingerprint density at radius 1 is 1.29 bits per heavy atom. The van der Waals surface area contributed by atoms with Gasteiger partial charge in [0.2, 0.25) is 10.0 Å². The zero-order chi connectivity index (χ0) is 16.5. The number of nitrogens with two attached hydrogens (primary N) is 1. The number of hydrogen-bond donors (Lipinski definition) is 3. The minimum atomic E-state index is -4.53. The number of sulfonamides is 1. The second kappa shape index (κ2) is 5.68. The minimum Gasteiger partial charge on any atom is -0.384 e. The zero-order valence-corrected chi connectivity index (χ0v) is 12.6. The summed E-state index contributed by atoms with van der Waals surface area (Å²) in [5, 5.41) is 2.64. The summed E-state index contributed by atoms with van der Waals surface area (Å²) in [6, 6.07) is 1.54. The van der Waals surface area contributed by atoms with Gasteiger partial charge in [-0.25, -0.2) is 18.1 Å². The Balaban J connectivity index is 2.87. The van der Waals surface area contributed by atoms with E-state index < -0.39 is 27.3 Å². The Bertz CT molecular complexity index is 614. The second-order valence-electron chi connectivity index (χ2n) is 5.28. The van der Waals surface area contributed by atoms with Crippen LogP contribution in [0.5, 0.6) is 0 Å². The molecule has 120 valence electrons. The number of hydrogen-bond acceptors (Lipinski definition) is 5. The molecule has 10 heteroatoms.